The van der Waals surface area contributed by atoms with E-state index in [1.807, 2.05) is 0 Å². The van der Waals surface area contributed by atoms with Crippen LogP contribution in [0.5, 0.6) is 0 Å². The lowest BCUT2D eigenvalue weighted by Crippen LogP contribution is -1.94. The van der Waals surface area contributed by atoms with Gasteiger partial charge in [-0.25, -0.2) is 0 Å². The monoisotopic (exact) mass is 302 g/mol. The van der Waals surface area contributed by atoms with Crippen molar-refractivity contribution < 1.29 is 9.90 Å². The number of carbonyl (C=O) groups is 1. The van der Waals surface area contributed by atoms with Crippen LogP contribution in [0.25, 0.3) is 0 Å². The van der Waals surface area contributed by atoms with Gasteiger partial charge in [-0.2, -0.15) is 0 Å². The van der Waals surface area contributed by atoms with Crippen molar-refractivity contribution >= 4 is 5.97 Å². The van der Waals surface area contributed by atoms with Crippen LogP contribution in [0.1, 0.15) is 64.7 Å². The van der Waals surface area contributed by atoms with Crippen molar-refractivity contribution in [3.63, 3.8) is 0 Å². The number of aliphatic carboxylic acids is 1. The lowest BCUT2D eigenvalue weighted by molar-refractivity contribution is -0.137. The number of hydrogen-bond donors (Lipinski definition) is 1. The SMILES string of the molecule is CCCCCC=CCC=CCC=CCC=C1CC1CC(=O)O. The van der Waals surface area contributed by atoms with Gasteiger partial charge in [-0.05, 0) is 44.4 Å². The fourth-order valence-electron chi connectivity index (χ4n) is 2.38. The molecule has 1 unspecified atom stereocenters. The van der Waals surface area contributed by atoms with Crippen molar-refractivity contribution in [2.24, 2.45) is 5.92 Å². The van der Waals surface area contributed by atoms with Gasteiger partial charge in [-0.15, -0.1) is 0 Å². The Balaban J connectivity index is 1.97. The molecule has 2 nitrogen and oxygen atoms in total. The molecule has 1 fully saturated rings. The number of rotatable bonds is 12. The normalized spacial score (nSPS) is 19.9. The second-order valence-electron chi connectivity index (χ2n) is 5.90. The van der Waals surface area contributed by atoms with E-state index in [0.29, 0.717) is 12.3 Å². The largest absolute Gasteiger partial charge is 0.481 e. The van der Waals surface area contributed by atoms with E-state index in [4.69, 9.17) is 5.11 Å². The molecule has 0 radical (unpaired) electrons. The van der Waals surface area contributed by atoms with Crippen LogP contribution in [0.2, 0.25) is 0 Å². The first kappa shape index (κ1) is 18.5. The molecule has 1 aliphatic carbocycles. The predicted molar refractivity (Wildman–Crippen MR) is 93.9 cm³/mol. The molecule has 1 atom stereocenters. The van der Waals surface area contributed by atoms with Gasteiger partial charge in [0.15, 0.2) is 0 Å². The van der Waals surface area contributed by atoms with E-state index in [1.54, 1.807) is 0 Å². The standard InChI is InChI=1S/C20H30O2/c1-2-3-4-5-6-7-8-9-10-11-12-13-14-15-18-16-19(18)17-20(21)22/h6-7,9-10,12-13,15,19H,2-5,8,11,14,16-17H2,1H3,(H,21,22). The summed E-state index contributed by atoms with van der Waals surface area (Å²) < 4.78 is 0. The summed E-state index contributed by atoms with van der Waals surface area (Å²) in [5, 5.41) is 8.67. The van der Waals surface area contributed by atoms with Gasteiger partial charge in [0.1, 0.15) is 0 Å². The highest BCUT2D eigenvalue weighted by Crippen LogP contribution is 2.40. The topological polar surface area (TPSA) is 37.3 Å². The molecule has 0 heterocycles. The number of unbranched alkanes of at least 4 members (excludes halogenated alkanes) is 3. The Bertz CT molecular complexity index is 427. The molecule has 22 heavy (non-hydrogen) atoms. The summed E-state index contributed by atoms with van der Waals surface area (Å²) >= 11 is 0. The Hall–Kier alpha value is -1.57. The van der Waals surface area contributed by atoms with Crippen LogP contribution in [0, 0.1) is 5.92 Å². The highest BCUT2D eigenvalue weighted by molar-refractivity contribution is 5.68. The first-order chi connectivity index (χ1) is 10.7. The van der Waals surface area contributed by atoms with Gasteiger partial charge in [0, 0.05) is 0 Å². The first-order valence-corrected chi connectivity index (χ1v) is 8.59. The summed E-state index contributed by atoms with van der Waals surface area (Å²) in [6.07, 6.45) is 24.8. The van der Waals surface area contributed by atoms with Crippen LogP contribution >= 0.6 is 0 Å². The lowest BCUT2D eigenvalue weighted by Gasteiger charge is -1.90. The Morgan fingerprint density at radius 1 is 1.05 bits per heavy atom. The third-order valence-electron chi connectivity index (χ3n) is 3.80. The van der Waals surface area contributed by atoms with Crippen molar-refractivity contribution in [1.82, 2.24) is 0 Å². The van der Waals surface area contributed by atoms with Crippen molar-refractivity contribution in [1.29, 1.82) is 0 Å². The van der Waals surface area contributed by atoms with Gasteiger partial charge in [-0.1, -0.05) is 67.9 Å². The van der Waals surface area contributed by atoms with Crippen molar-refractivity contribution in [3.05, 3.63) is 48.1 Å². The number of hydrogen-bond acceptors (Lipinski definition) is 1. The van der Waals surface area contributed by atoms with Crippen molar-refractivity contribution in [3.8, 4) is 0 Å². The summed E-state index contributed by atoms with van der Waals surface area (Å²) in [6.45, 7) is 2.23. The maximum atomic E-state index is 10.5. The zero-order chi connectivity index (χ0) is 16.0. The zero-order valence-electron chi connectivity index (χ0n) is 13.8. The average Bonchev–Trinajstić information content (AvgIpc) is 3.21. The molecule has 1 rings (SSSR count). The summed E-state index contributed by atoms with van der Waals surface area (Å²) in [5.41, 5.74) is 1.32. The molecule has 0 aromatic rings. The molecule has 0 saturated heterocycles. The van der Waals surface area contributed by atoms with Gasteiger partial charge in [0.2, 0.25) is 0 Å². The molecule has 122 valence electrons. The molecule has 0 aromatic heterocycles. The van der Waals surface area contributed by atoms with E-state index in [1.165, 1.54) is 31.3 Å². The molecule has 1 aliphatic rings. The quantitative estimate of drug-likeness (QED) is 0.364. The molecular weight excluding hydrogens is 272 g/mol. The van der Waals surface area contributed by atoms with E-state index in [0.717, 1.165) is 25.7 Å². The third-order valence-corrected chi connectivity index (χ3v) is 3.80. The maximum Gasteiger partial charge on any atom is 0.303 e. The Kier molecular flexibility index (Phi) is 10.1. The second kappa shape index (κ2) is 12.0. The summed E-state index contributed by atoms with van der Waals surface area (Å²) in [7, 11) is 0. The van der Waals surface area contributed by atoms with Crippen LogP contribution in [0.3, 0.4) is 0 Å². The number of carboxylic acids is 1. The fraction of sp³-hybridized carbons (Fsp3) is 0.550. The van der Waals surface area contributed by atoms with Crippen LogP contribution in [-0.4, -0.2) is 11.1 Å². The Morgan fingerprint density at radius 2 is 1.68 bits per heavy atom. The lowest BCUT2D eigenvalue weighted by atomic mass is 10.2. The highest BCUT2D eigenvalue weighted by Gasteiger charge is 2.30. The molecular formula is C20H30O2. The minimum Gasteiger partial charge on any atom is -0.481 e. The van der Waals surface area contributed by atoms with E-state index in [2.05, 4.69) is 49.5 Å². The smallest absolute Gasteiger partial charge is 0.303 e. The molecule has 0 spiro atoms. The van der Waals surface area contributed by atoms with Crippen LogP contribution in [0.15, 0.2) is 48.1 Å². The third kappa shape index (κ3) is 10.2. The van der Waals surface area contributed by atoms with Gasteiger partial charge in [0.05, 0.1) is 6.42 Å². The van der Waals surface area contributed by atoms with Gasteiger partial charge >= 0.3 is 5.97 Å². The summed E-state index contributed by atoms with van der Waals surface area (Å²) in [6, 6.07) is 0. The molecule has 0 aromatic carbocycles. The molecule has 0 bridgehead atoms. The minimum atomic E-state index is -0.687. The van der Waals surface area contributed by atoms with Gasteiger partial charge in [-0.3, -0.25) is 4.79 Å². The first-order valence-electron chi connectivity index (χ1n) is 8.59. The number of allylic oxidation sites excluding steroid dienone is 8. The van der Waals surface area contributed by atoms with Crippen LogP contribution in [0.4, 0.5) is 0 Å². The van der Waals surface area contributed by atoms with Crippen molar-refractivity contribution in [2.75, 3.05) is 0 Å². The number of carboxylic acid groups (broad SMARTS) is 1. The molecule has 0 aliphatic heterocycles. The fourth-order valence-corrected chi connectivity index (χ4v) is 2.38. The van der Waals surface area contributed by atoms with Crippen LogP contribution in [-0.2, 0) is 4.79 Å². The minimum absolute atomic E-state index is 0.296. The molecule has 1 N–H and O–H groups in total. The van der Waals surface area contributed by atoms with E-state index < -0.39 is 5.97 Å². The van der Waals surface area contributed by atoms with E-state index >= 15 is 0 Å². The molecule has 2 heteroatoms. The average molecular weight is 302 g/mol. The van der Waals surface area contributed by atoms with Crippen LogP contribution < -0.4 is 0 Å². The molecule has 0 amide bonds. The van der Waals surface area contributed by atoms with Gasteiger partial charge in [0.25, 0.3) is 0 Å². The van der Waals surface area contributed by atoms with Crippen molar-refractivity contribution in [2.45, 2.75) is 64.7 Å². The predicted octanol–water partition coefficient (Wildman–Crippen LogP) is 5.83. The Morgan fingerprint density at radius 3 is 2.32 bits per heavy atom. The second-order valence-corrected chi connectivity index (χ2v) is 5.90. The summed E-state index contributed by atoms with van der Waals surface area (Å²) in [4.78, 5) is 10.5. The maximum absolute atomic E-state index is 10.5. The highest BCUT2D eigenvalue weighted by atomic mass is 16.4. The van der Waals surface area contributed by atoms with E-state index in [-0.39, 0.29) is 0 Å². The zero-order valence-corrected chi connectivity index (χ0v) is 13.8. The van der Waals surface area contributed by atoms with E-state index in [9.17, 15) is 4.79 Å². The summed E-state index contributed by atoms with van der Waals surface area (Å²) in [5.74, 6) is -0.372. The Labute approximate surface area is 135 Å². The van der Waals surface area contributed by atoms with Gasteiger partial charge < -0.3 is 5.11 Å². The molecule has 1 saturated carbocycles.